The van der Waals surface area contributed by atoms with Crippen LogP contribution in [0.1, 0.15) is 25.3 Å². The normalized spacial score (nSPS) is 11.0. The van der Waals surface area contributed by atoms with E-state index in [9.17, 15) is 5.11 Å². The Balaban J connectivity index is 1.93. The maximum absolute atomic E-state index is 9.75. The van der Waals surface area contributed by atoms with Crippen molar-refractivity contribution < 1.29 is 9.63 Å². The molecule has 1 N–H and O–H groups in total. The quantitative estimate of drug-likeness (QED) is 0.793. The van der Waals surface area contributed by atoms with Gasteiger partial charge in [-0.2, -0.15) is 4.98 Å². The van der Waals surface area contributed by atoms with Gasteiger partial charge in [0.05, 0.1) is 11.8 Å². The summed E-state index contributed by atoms with van der Waals surface area (Å²) in [6, 6.07) is 9.68. The summed E-state index contributed by atoms with van der Waals surface area (Å²) in [5.74, 6) is 1.27. The summed E-state index contributed by atoms with van der Waals surface area (Å²) in [6.07, 6.45) is 2.91. The van der Waals surface area contributed by atoms with Crippen LogP contribution in [0.15, 0.2) is 47.2 Å². The van der Waals surface area contributed by atoms with Crippen molar-refractivity contribution >= 4 is 0 Å². The Bertz CT molecular complexity index is 748. The maximum Gasteiger partial charge on any atom is 0.262 e. The Morgan fingerprint density at radius 3 is 2.52 bits per heavy atom. The highest BCUT2D eigenvalue weighted by molar-refractivity contribution is 5.64. The molecule has 0 aliphatic carbocycles. The van der Waals surface area contributed by atoms with Gasteiger partial charge in [0.25, 0.3) is 5.89 Å². The molecule has 2 heterocycles. The molecular weight excluding hydrogens is 266 g/mol. The topological polar surface area (TPSA) is 72.0 Å². The van der Waals surface area contributed by atoms with E-state index in [4.69, 9.17) is 4.52 Å². The Hall–Kier alpha value is -2.69. The van der Waals surface area contributed by atoms with E-state index in [1.54, 1.807) is 12.3 Å². The second-order valence-corrected chi connectivity index (χ2v) is 5.09. The van der Waals surface area contributed by atoms with Gasteiger partial charge in [0.15, 0.2) is 0 Å². The monoisotopic (exact) mass is 281 g/mol. The van der Waals surface area contributed by atoms with Crippen LogP contribution in [-0.4, -0.2) is 20.2 Å². The highest BCUT2D eigenvalue weighted by atomic mass is 16.5. The summed E-state index contributed by atoms with van der Waals surface area (Å²) in [5.41, 5.74) is 2.61. The third kappa shape index (κ3) is 2.63. The minimum Gasteiger partial charge on any atom is -0.505 e. The van der Waals surface area contributed by atoms with Gasteiger partial charge < -0.3 is 9.63 Å². The van der Waals surface area contributed by atoms with Crippen molar-refractivity contribution in [2.45, 2.75) is 19.8 Å². The van der Waals surface area contributed by atoms with Gasteiger partial charge in [0.1, 0.15) is 5.75 Å². The highest BCUT2D eigenvalue weighted by Crippen LogP contribution is 2.28. The van der Waals surface area contributed by atoms with Crippen LogP contribution in [0, 0.1) is 0 Å². The Kier molecular flexibility index (Phi) is 3.39. The van der Waals surface area contributed by atoms with Crippen LogP contribution in [0.25, 0.3) is 22.8 Å². The lowest BCUT2D eigenvalue weighted by molar-refractivity contribution is 0.425. The first-order valence-corrected chi connectivity index (χ1v) is 6.72. The molecule has 0 amide bonds. The molecule has 21 heavy (non-hydrogen) atoms. The van der Waals surface area contributed by atoms with Gasteiger partial charge in [0, 0.05) is 11.8 Å². The molecule has 2 aromatic heterocycles. The van der Waals surface area contributed by atoms with Crippen molar-refractivity contribution in [3.63, 3.8) is 0 Å². The third-order valence-corrected chi connectivity index (χ3v) is 3.29. The number of nitrogens with zero attached hydrogens (tertiary/aromatic N) is 3. The first kappa shape index (κ1) is 13.3. The standard InChI is InChI=1S/C16H15N3O2/c1-10(2)11-3-5-12(6-4-11)15-18-16(21-19-15)13-7-8-17-9-14(13)20/h3-10,20H,1-2H3. The van der Waals surface area contributed by atoms with E-state index in [0.717, 1.165) is 5.56 Å². The largest absolute Gasteiger partial charge is 0.505 e. The Labute approximate surface area is 122 Å². The molecule has 0 atom stereocenters. The molecule has 106 valence electrons. The average molecular weight is 281 g/mol. The maximum atomic E-state index is 9.75. The molecule has 0 saturated carbocycles. The van der Waals surface area contributed by atoms with E-state index in [0.29, 0.717) is 17.3 Å². The molecule has 0 saturated heterocycles. The van der Waals surface area contributed by atoms with Crippen LogP contribution >= 0.6 is 0 Å². The first-order chi connectivity index (χ1) is 10.1. The predicted molar refractivity (Wildman–Crippen MR) is 78.7 cm³/mol. The van der Waals surface area contributed by atoms with E-state index in [1.807, 2.05) is 12.1 Å². The van der Waals surface area contributed by atoms with Gasteiger partial charge in [0.2, 0.25) is 5.82 Å². The van der Waals surface area contributed by atoms with Crippen molar-refractivity contribution in [1.29, 1.82) is 0 Å². The van der Waals surface area contributed by atoms with Crippen LogP contribution in [0.5, 0.6) is 5.75 Å². The van der Waals surface area contributed by atoms with Crippen LogP contribution in [0.4, 0.5) is 0 Å². The van der Waals surface area contributed by atoms with E-state index in [2.05, 4.69) is 41.1 Å². The zero-order valence-corrected chi connectivity index (χ0v) is 11.8. The molecule has 5 heteroatoms. The molecule has 5 nitrogen and oxygen atoms in total. The minimum atomic E-state index is 0.0165. The first-order valence-electron chi connectivity index (χ1n) is 6.72. The second kappa shape index (κ2) is 5.36. The van der Waals surface area contributed by atoms with E-state index >= 15 is 0 Å². The van der Waals surface area contributed by atoms with Crippen LogP contribution < -0.4 is 0 Å². The molecule has 3 rings (SSSR count). The number of hydrogen-bond donors (Lipinski definition) is 1. The lowest BCUT2D eigenvalue weighted by Crippen LogP contribution is -1.87. The average Bonchev–Trinajstić information content (AvgIpc) is 2.97. The van der Waals surface area contributed by atoms with Crippen molar-refractivity contribution in [3.8, 4) is 28.6 Å². The summed E-state index contributed by atoms with van der Waals surface area (Å²) >= 11 is 0. The molecule has 1 aromatic carbocycles. The number of aromatic nitrogens is 3. The number of pyridine rings is 1. The van der Waals surface area contributed by atoms with Crippen molar-refractivity contribution in [1.82, 2.24) is 15.1 Å². The van der Waals surface area contributed by atoms with Crippen LogP contribution in [-0.2, 0) is 0 Å². The molecule has 0 aliphatic heterocycles. The van der Waals surface area contributed by atoms with Gasteiger partial charge in [-0.3, -0.25) is 4.98 Å². The number of benzene rings is 1. The number of rotatable bonds is 3. The fourth-order valence-corrected chi connectivity index (χ4v) is 2.03. The molecule has 0 bridgehead atoms. The smallest absolute Gasteiger partial charge is 0.262 e. The molecular formula is C16H15N3O2. The van der Waals surface area contributed by atoms with Crippen molar-refractivity contribution in [2.75, 3.05) is 0 Å². The zero-order chi connectivity index (χ0) is 14.8. The summed E-state index contributed by atoms with van der Waals surface area (Å²) in [4.78, 5) is 8.14. The second-order valence-electron chi connectivity index (χ2n) is 5.09. The van der Waals surface area contributed by atoms with Gasteiger partial charge in [-0.05, 0) is 17.5 Å². The summed E-state index contributed by atoms with van der Waals surface area (Å²) in [5, 5.41) is 13.7. The fraction of sp³-hybridized carbons (Fsp3) is 0.188. The third-order valence-electron chi connectivity index (χ3n) is 3.29. The lowest BCUT2D eigenvalue weighted by Gasteiger charge is -2.04. The van der Waals surface area contributed by atoms with Crippen LogP contribution in [0.2, 0.25) is 0 Å². The summed E-state index contributed by atoms with van der Waals surface area (Å²) in [7, 11) is 0. The predicted octanol–water partition coefficient (Wildman–Crippen LogP) is 3.63. The number of aromatic hydroxyl groups is 1. The van der Waals surface area contributed by atoms with Gasteiger partial charge in [-0.1, -0.05) is 43.3 Å². The van der Waals surface area contributed by atoms with Crippen molar-refractivity contribution in [3.05, 3.63) is 48.3 Å². The molecule has 0 radical (unpaired) electrons. The molecule has 0 fully saturated rings. The highest BCUT2D eigenvalue weighted by Gasteiger charge is 2.13. The van der Waals surface area contributed by atoms with Gasteiger partial charge in [-0.15, -0.1) is 0 Å². The molecule has 0 aliphatic rings. The van der Waals surface area contributed by atoms with Gasteiger partial charge in [-0.25, -0.2) is 0 Å². The molecule has 0 spiro atoms. The zero-order valence-electron chi connectivity index (χ0n) is 11.8. The van der Waals surface area contributed by atoms with Crippen molar-refractivity contribution in [2.24, 2.45) is 0 Å². The Morgan fingerprint density at radius 1 is 1.10 bits per heavy atom. The van der Waals surface area contributed by atoms with Crippen LogP contribution in [0.3, 0.4) is 0 Å². The van der Waals surface area contributed by atoms with E-state index in [-0.39, 0.29) is 11.6 Å². The van der Waals surface area contributed by atoms with E-state index < -0.39 is 0 Å². The molecule has 0 unspecified atom stereocenters. The lowest BCUT2D eigenvalue weighted by atomic mass is 10.0. The van der Waals surface area contributed by atoms with Gasteiger partial charge >= 0.3 is 0 Å². The number of hydrogen-bond acceptors (Lipinski definition) is 5. The fourth-order valence-electron chi connectivity index (χ4n) is 2.03. The summed E-state index contributed by atoms with van der Waals surface area (Å²) < 4.78 is 5.21. The Morgan fingerprint density at radius 2 is 1.86 bits per heavy atom. The minimum absolute atomic E-state index is 0.0165. The SMILES string of the molecule is CC(C)c1ccc(-c2noc(-c3ccncc3O)n2)cc1. The van der Waals surface area contributed by atoms with E-state index in [1.165, 1.54) is 11.8 Å². The molecule has 3 aromatic rings. The summed E-state index contributed by atoms with van der Waals surface area (Å²) in [6.45, 7) is 4.29.